The summed E-state index contributed by atoms with van der Waals surface area (Å²) in [5.74, 6) is 1.61. The molecule has 20 heavy (non-hydrogen) atoms. The predicted molar refractivity (Wildman–Crippen MR) is 77.3 cm³/mol. The van der Waals surface area contributed by atoms with Crippen LogP contribution in [0.25, 0.3) is 0 Å². The zero-order chi connectivity index (χ0) is 14.1. The van der Waals surface area contributed by atoms with E-state index in [9.17, 15) is 0 Å². The highest BCUT2D eigenvalue weighted by Gasteiger charge is 2.40. The summed E-state index contributed by atoms with van der Waals surface area (Å²) in [6.45, 7) is 3.19. The maximum Gasteiger partial charge on any atom is 0.176 e. The lowest BCUT2D eigenvalue weighted by atomic mass is 9.83. The molecule has 1 aromatic rings. The highest BCUT2D eigenvalue weighted by Crippen LogP contribution is 2.39. The van der Waals surface area contributed by atoms with Crippen LogP contribution in [0.3, 0.4) is 0 Å². The Hall–Kier alpha value is -1.01. The number of nitrogens with zero attached hydrogens (tertiary/aromatic N) is 5. The van der Waals surface area contributed by atoms with E-state index < -0.39 is 0 Å². The van der Waals surface area contributed by atoms with Gasteiger partial charge >= 0.3 is 0 Å². The zero-order valence-corrected chi connectivity index (χ0v) is 12.8. The van der Waals surface area contributed by atoms with Crippen molar-refractivity contribution >= 4 is 0 Å². The zero-order valence-electron chi connectivity index (χ0n) is 12.8. The number of aromatic nitrogens is 4. The Morgan fingerprint density at radius 1 is 1.25 bits per heavy atom. The first-order valence-electron chi connectivity index (χ1n) is 7.85. The van der Waals surface area contributed by atoms with E-state index in [1.54, 1.807) is 4.80 Å². The smallest absolute Gasteiger partial charge is 0.176 e. The van der Waals surface area contributed by atoms with Crippen LogP contribution in [-0.2, 0) is 13.5 Å². The number of likely N-dealkylation sites (N-methyl/N-ethyl adjacent to an activating group) is 1. The van der Waals surface area contributed by atoms with Gasteiger partial charge in [0, 0.05) is 24.5 Å². The van der Waals surface area contributed by atoms with Gasteiger partial charge in [0.1, 0.15) is 0 Å². The summed E-state index contributed by atoms with van der Waals surface area (Å²) in [4.78, 5) is 4.15. The predicted octanol–water partition coefficient (Wildman–Crippen LogP) is 0.604. The Morgan fingerprint density at radius 2 is 1.95 bits per heavy atom. The standard InChI is InChI=1S/C14H26N6/c1-4-15-13(9-14-16-18-20(3)17-14)10-7-11-5-6-12(8-10)19(11)2/h10-13,15H,4-9H2,1-3H3. The second-order valence-corrected chi connectivity index (χ2v) is 6.35. The fourth-order valence-corrected chi connectivity index (χ4v) is 4.05. The third-order valence-corrected chi connectivity index (χ3v) is 5.12. The Labute approximate surface area is 120 Å². The molecule has 3 atom stereocenters. The molecule has 0 saturated carbocycles. The van der Waals surface area contributed by atoms with Crippen LogP contribution in [0.2, 0.25) is 0 Å². The van der Waals surface area contributed by atoms with E-state index in [0.717, 1.165) is 36.8 Å². The molecule has 2 fully saturated rings. The van der Waals surface area contributed by atoms with Crippen molar-refractivity contribution in [2.24, 2.45) is 13.0 Å². The van der Waals surface area contributed by atoms with Gasteiger partial charge in [-0.05, 0) is 50.4 Å². The number of piperidine rings is 1. The molecule has 2 aliphatic heterocycles. The highest BCUT2D eigenvalue weighted by atomic mass is 15.6. The van der Waals surface area contributed by atoms with Gasteiger partial charge in [0.05, 0.1) is 7.05 Å². The van der Waals surface area contributed by atoms with Crippen molar-refractivity contribution in [2.75, 3.05) is 13.6 Å². The monoisotopic (exact) mass is 278 g/mol. The van der Waals surface area contributed by atoms with Crippen molar-refractivity contribution in [1.29, 1.82) is 0 Å². The van der Waals surface area contributed by atoms with Gasteiger partial charge in [-0.15, -0.1) is 10.2 Å². The molecule has 2 bridgehead atoms. The van der Waals surface area contributed by atoms with Gasteiger partial charge in [-0.3, -0.25) is 0 Å². The molecule has 6 nitrogen and oxygen atoms in total. The molecule has 0 aromatic carbocycles. The third-order valence-electron chi connectivity index (χ3n) is 5.12. The normalized spacial score (nSPS) is 31.6. The lowest BCUT2D eigenvalue weighted by Crippen LogP contribution is -2.48. The molecule has 1 N–H and O–H groups in total. The molecule has 0 amide bonds. The summed E-state index contributed by atoms with van der Waals surface area (Å²) in [5, 5.41) is 16.1. The van der Waals surface area contributed by atoms with Crippen LogP contribution in [0.4, 0.5) is 0 Å². The summed E-state index contributed by atoms with van der Waals surface area (Å²) in [5.41, 5.74) is 0. The second kappa shape index (κ2) is 5.77. The average molecular weight is 278 g/mol. The van der Waals surface area contributed by atoms with E-state index in [2.05, 4.69) is 39.6 Å². The fraction of sp³-hybridized carbons (Fsp3) is 0.929. The van der Waals surface area contributed by atoms with Gasteiger partial charge in [-0.1, -0.05) is 6.92 Å². The number of aryl methyl sites for hydroxylation is 1. The number of tetrazole rings is 1. The molecular weight excluding hydrogens is 252 g/mol. The number of rotatable bonds is 5. The molecule has 0 radical (unpaired) electrons. The van der Waals surface area contributed by atoms with Gasteiger partial charge in [0.25, 0.3) is 0 Å². The van der Waals surface area contributed by atoms with Crippen molar-refractivity contribution in [1.82, 2.24) is 30.4 Å². The molecule has 1 aromatic heterocycles. The first-order chi connectivity index (χ1) is 9.67. The number of hydrogen-bond donors (Lipinski definition) is 1. The van der Waals surface area contributed by atoms with Gasteiger partial charge < -0.3 is 10.2 Å². The van der Waals surface area contributed by atoms with Gasteiger partial charge in [-0.2, -0.15) is 4.80 Å². The van der Waals surface area contributed by atoms with Crippen LogP contribution in [0.5, 0.6) is 0 Å². The first-order valence-corrected chi connectivity index (χ1v) is 7.85. The van der Waals surface area contributed by atoms with Gasteiger partial charge in [-0.25, -0.2) is 0 Å². The van der Waals surface area contributed by atoms with Crippen molar-refractivity contribution in [2.45, 2.75) is 57.2 Å². The molecule has 3 rings (SSSR count). The molecule has 3 unspecified atom stereocenters. The van der Waals surface area contributed by atoms with Crippen LogP contribution in [-0.4, -0.2) is 56.8 Å². The first kappa shape index (κ1) is 13.9. The minimum Gasteiger partial charge on any atom is -0.314 e. The topological polar surface area (TPSA) is 58.9 Å². The Bertz CT molecular complexity index is 431. The average Bonchev–Trinajstić information content (AvgIpc) is 2.89. The molecular formula is C14H26N6. The molecule has 0 spiro atoms. The van der Waals surface area contributed by atoms with E-state index in [4.69, 9.17) is 0 Å². The lowest BCUT2D eigenvalue weighted by Gasteiger charge is -2.39. The van der Waals surface area contributed by atoms with E-state index in [1.807, 2.05) is 7.05 Å². The summed E-state index contributed by atoms with van der Waals surface area (Å²) in [6, 6.07) is 2.06. The largest absolute Gasteiger partial charge is 0.314 e. The quantitative estimate of drug-likeness (QED) is 0.855. The summed E-state index contributed by atoms with van der Waals surface area (Å²) < 4.78 is 0. The fourth-order valence-electron chi connectivity index (χ4n) is 4.05. The Kier molecular flexibility index (Phi) is 4.03. The van der Waals surface area contributed by atoms with E-state index in [1.165, 1.54) is 25.7 Å². The van der Waals surface area contributed by atoms with Crippen LogP contribution >= 0.6 is 0 Å². The SMILES string of the molecule is CCNC(Cc1nnn(C)n1)C1CC2CCC(C1)N2C. The Balaban J connectivity index is 1.67. The summed E-state index contributed by atoms with van der Waals surface area (Å²) >= 11 is 0. The van der Waals surface area contributed by atoms with E-state index in [-0.39, 0.29) is 0 Å². The van der Waals surface area contributed by atoms with Gasteiger partial charge in [0.15, 0.2) is 5.82 Å². The number of nitrogens with one attached hydrogen (secondary N) is 1. The summed E-state index contributed by atoms with van der Waals surface area (Å²) in [6.07, 6.45) is 6.27. The van der Waals surface area contributed by atoms with Crippen LogP contribution in [0, 0.1) is 5.92 Å². The molecule has 3 heterocycles. The maximum absolute atomic E-state index is 4.34. The lowest BCUT2D eigenvalue weighted by molar-refractivity contribution is 0.112. The van der Waals surface area contributed by atoms with Crippen LogP contribution in [0.1, 0.15) is 38.4 Å². The Morgan fingerprint density at radius 3 is 2.50 bits per heavy atom. The van der Waals surface area contributed by atoms with Crippen LogP contribution in [0.15, 0.2) is 0 Å². The molecule has 2 saturated heterocycles. The molecule has 2 aliphatic rings. The van der Waals surface area contributed by atoms with Crippen molar-refractivity contribution in [3.8, 4) is 0 Å². The minimum absolute atomic E-state index is 0.487. The minimum atomic E-state index is 0.487. The number of hydrogen-bond acceptors (Lipinski definition) is 5. The van der Waals surface area contributed by atoms with E-state index >= 15 is 0 Å². The van der Waals surface area contributed by atoms with Crippen molar-refractivity contribution < 1.29 is 0 Å². The van der Waals surface area contributed by atoms with Crippen LogP contribution < -0.4 is 5.32 Å². The van der Waals surface area contributed by atoms with E-state index in [0.29, 0.717) is 6.04 Å². The molecule has 6 heteroatoms. The summed E-state index contributed by atoms with van der Waals surface area (Å²) in [7, 11) is 4.12. The number of fused-ring (bicyclic) bond motifs is 2. The van der Waals surface area contributed by atoms with Crippen molar-refractivity contribution in [3.63, 3.8) is 0 Å². The van der Waals surface area contributed by atoms with Crippen molar-refractivity contribution in [3.05, 3.63) is 5.82 Å². The van der Waals surface area contributed by atoms with Gasteiger partial charge in [0.2, 0.25) is 0 Å². The third kappa shape index (κ3) is 2.72. The molecule has 0 aliphatic carbocycles. The molecule has 112 valence electrons. The second-order valence-electron chi connectivity index (χ2n) is 6.35. The maximum atomic E-state index is 4.34. The highest BCUT2D eigenvalue weighted by molar-refractivity contribution is 4.98.